The molecule has 0 bridgehead atoms. The van der Waals surface area contributed by atoms with Crippen LogP contribution in [0, 0.1) is 17.2 Å². The van der Waals surface area contributed by atoms with Crippen LogP contribution >= 0.6 is 0 Å². The number of amides is 2. The summed E-state index contributed by atoms with van der Waals surface area (Å²) in [5, 5.41) is 11.6. The number of hydrogen-bond donors (Lipinski definition) is 1. The van der Waals surface area contributed by atoms with Crippen molar-refractivity contribution in [3.8, 4) is 6.07 Å². The summed E-state index contributed by atoms with van der Waals surface area (Å²) in [7, 11) is 0. The van der Waals surface area contributed by atoms with Gasteiger partial charge in [-0.3, -0.25) is 0 Å². The number of hydrogen-bond acceptors (Lipinski definition) is 2. The predicted molar refractivity (Wildman–Crippen MR) is 73.4 cm³/mol. The Morgan fingerprint density at radius 1 is 1.37 bits per heavy atom. The van der Waals surface area contributed by atoms with Gasteiger partial charge in [0, 0.05) is 19.6 Å². The number of nitrogens with zero attached hydrogens (tertiary/aromatic N) is 2. The molecular formula is C15H19N3O. The average Bonchev–Trinajstić information content (AvgIpc) is 2.46. The van der Waals surface area contributed by atoms with E-state index >= 15 is 0 Å². The second-order valence-electron chi connectivity index (χ2n) is 5.14. The van der Waals surface area contributed by atoms with E-state index in [1.807, 2.05) is 17.0 Å². The highest BCUT2D eigenvalue weighted by Gasteiger charge is 2.19. The summed E-state index contributed by atoms with van der Waals surface area (Å²) in [6.07, 6.45) is 2.18. The number of carbonyl (C=O) groups excluding carboxylic acids is 1. The van der Waals surface area contributed by atoms with Crippen LogP contribution in [0.25, 0.3) is 0 Å². The number of carbonyl (C=O) groups is 1. The molecular weight excluding hydrogens is 238 g/mol. The maximum absolute atomic E-state index is 12.0. The summed E-state index contributed by atoms with van der Waals surface area (Å²) in [5.41, 5.74) is 1.65. The van der Waals surface area contributed by atoms with Crippen LogP contribution in [-0.4, -0.2) is 24.0 Å². The first-order valence-electron chi connectivity index (χ1n) is 6.71. The van der Waals surface area contributed by atoms with Crippen molar-refractivity contribution in [2.24, 2.45) is 5.92 Å². The molecule has 1 saturated heterocycles. The Labute approximate surface area is 114 Å². The van der Waals surface area contributed by atoms with Crippen molar-refractivity contribution in [1.29, 1.82) is 5.26 Å². The Balaban J connectivity index is 1.81. The molecule has 2 amide bonds. The predicted octanol–water partition coefficient (Wildman–Crippen LogP) is 2.50. The molecule has 0 unspecified atom stereocenters. The zero-order valence-electron chi connectivity index (χ0n) is 11.2. The second-order valence-corrected chi connectivity index (χ2v) is 5.14. The normalized spacial score (nSPS) is 15.9. The highest BCUT2D eigenvalue weighted by molar-refractivity contribution is 5.74. The molecule has 1 aliphatic rings. The molecule has 4 heteroatoms. The van der Waals surface area contributed by atoms with Gasteiger partial charge in [-0.05, 0) is 36.5 Å². The fourth-order valence-corrected chi connectivity index (χ4v) is 2.20. The fraction of sp³-hybridized carbons (Fsp3) is 0.467. The third-order valence-electron chi connectivity index (χ3n) is 3.60. The molecule has 2 rings (SSSR count). The third-order valence-corrected chi connectivity index (χ3v) is 3.60. The molecule has 0 atom stereocenters. The summed E-state index contributed by atoms with van der Waals surface area (Å²) < 4.78 is 0. The Hall–Kier alpha value is -2.02. The smallest absolute Gasteiger partial charge is 0.317 e. The monoisotopic (exact) mass is 257 g/mol. The summed E-state index contributed by atoms with van der Waals surface area (Å²) in [6.45, 7) is 4.43. The number of nitriles is 1. The number of rotatable bonds is 2. The van der Waals surface area contributed by atoms with Crippen molar-refractivity contribution in [3.05, 3.63) is 35.4 Å². The van der Waals surface area contributed by atoms with E-state index in [-0.39, 0.29) is 6.03 Å². The van der Waals surface area contributed by atoms with Crippen LogP contribution in [0.3, 0.4) is 0 Å². The van der Waals surface area contributed by atoms with Gasteiger partial charge < -0.3 is 10.2 Å². The third kappa shape index (κ3) is 3.72. The molecule has 1 heterocycles. The van der Waals surface area contributed by atoms with E-state index in [2.05, 4.69) is 18.3 Å². The van der Waals surface area contributed by atoms with E-state index in [4.69, 9.17) is 5.26 Å². The van der Waals surface area contributed by atoms with Crippen LogP contribution in [-0.2, 0) is 6.54 Å². The van der Waals surface area contributed by atoms with E-state index < -0.39 is 0 Å². The van der Waals surface area contributed by atoms with Crippen LogP contribution < -0.4 is 5.32 Å². The summed E-state index contributed by atoms with van der Waals surface area (Å²) in [4.78, 5) is 13.8. The Morgan fingerprint density at radius 3 is 2.58 bits per heavy atom. The first-order valence-corrected chi connectivity index (χ1v) is 6.71. The Morgan fingerprint density at radius 2 is 2.00 bits per heavy atom. The van der Waals surface area contributed by atoms with E-state index in [0.29, 0.717) is 12.1 Å². The van der Waals surface area contributed by atoms with Crippen LogP contribution in [0.5, 0.6) is 0 Å². The topological polar surface area (TPSA) is 56.1 Å². The van der Waals surface area contributed by atoms with Crippen LogP contribution in [0.2, 0.25) is 0 Å². The molecule has 0 aromatic heterocycles. The number of nitrogens with one attached hydrogen (secondary N) is 1. The molecule has 100 valence electrons. The quantitative estimate of drug-likeness (QED) is 0.885. The molecule has 0 radical (unpaired) electrons. The zero-order valence-corrected chi connectivity index (χ0v) is 11.2. The van der Waals surface area contributed by atoms with E-state index in [1.165, 1.54) is 0 Å². The van der Waals surface area contributed by atoms with Gasteiger partial charge in [0.1, 0.15) is 0 Å². The molecule has 1 aromatic rings. The summed E-state index contributed by atoms with van der Waals surface area (Å²) in [6, 6.07) is 9.37. The van der Waals surface area contributed by atoms with Crippen molar-refractivity contribution in [2.45, 2.75) is 26.3 Å². The van der Waals surface area contributed by atoms with Gasteiger partial charge >= 0.3 is 6.03 Å². The number of piperidine rings is 1. The molecule has 1 N–H and O–H groups in total. The van der Waals surface area contributed by atoms with Crippen LogP contribution in [0.1, 0.15) is 30.9 Å². The lowest BCUT2D eigenvalue weighted by Crippen LogP contribution is -2.43. The number of urea groups is 1. The van der Waals surface area contributed by atoms with E-state index in [1.54, 1.807) is 12.1 Å². The lowest BCUT2D eigenvalue weighted by atomic mass is 10.00. The van der Waals surface area contributed by atoms with Gasteiger partial charge in [-0.2, -0.15) is 5.26 Å². The number of likely N-dealkylation sites (tertiary alicyclic amines) is 1. The lowest BCUT2D eigenvalue weighted by Gasteiger charge is -2.30. The van der Waals surface area contributed by atoms with Gasteiger partial charge in [0.15, 0.2) is 0 Å². The average molecular weight is 257 g/mol. The first kappa shape index (κ1) is 13.4. The van der Waals surface area contributed by atoms with E-state index in [0.717, 1.165) is 37.4 Å². The van der Waals surface area contributed by atoms with Crippen LogP contribution in [0.15, 0.2) is 24.3 Å². The summed E-state index contributed by atoms with van der Waals surface area (Å²) in [5.74, 6) is 0.725. The minimum Gasteiger partial charge on any atom is -0.334 e. The van der Waals surface area contributed by atoms with Crippen molar-refractivity contribution in [1.82, 2.24) is 10.2 Å². The van der Waals surface area contributed by atoms with E-state index in [9.17, 15) is 4.79 Å². The zero-order chi connectivity index (χ0) is 13.7. The van der Waals surface area contributed by atoms with Gasteiger partial charge in [0.25, 0.3) is 0 Å². The maximum Gasteiger partial charge on any atom is 0.317 e. The van der Waals surface area contributed by atoms with Crippen LogP contribution in [0.4, 0.5) is 4.79 Å². The Bertz CT molecular complexity index is 467. The SMILES string of the molecule is CC1CCN(C(=O)NCc2ccc(C#N)cc2)CC1. The van der Waals surface area contributed by atoms with Crippen molar-refractivity contribution in [2.75, 3.05) is 13.1 Å². The van der Waals surface area contributed by atoms with Gasteiger partial charge in [0.05, 0.1) is 11.6 Å². The second kappa shape index (κ2) is 6.24. The minimum atomic E-state index is 0.0104. The standard InChI is InChI=1S/C15H19N3O/c1-12-6-8-18(9-7-12)15(19)17-11-14-4-2-13(10-16)3-5-14/h2-5,12H,6-9,11H2,1H3,(H,17,19). The van der Waals surface area contributed by atoms with Gasteiger partial charge in [0.2, 0.25) is 0 Å². The molecule has 19 heavy (non-hydrogen) atoms. The highest BCUT2D eigenvalue weighted by atomic mass is 16.2. The largest absolute Gasteiger partial charge is 0.334 e. The van der Waals surface area contributed by atoms with Gasteiger partial charge in [-0.1, -0.05) is 19.1 Å². The molecule has 1 aliphatic heterocycles. The molecule has 0 saturated carbocycles. The highest BCUT2D eigenvalue weighted by Crippen LogP contribution is 2.15. The van der Waals surface area contributed by atoms with Gasteiger partial charge in [-0.25, -0.2) is 4.79 Å². The molecule has 0 spiro atoms. The van der Waals surface area contributed by atoms with Crippen molar-refractivity contribution in [3.63, 3.8) is 0 Å². The van der Waals surface area contributed by atoms with Crippen molar-refractivity contribution < 1.29 is 4.79 Å². The number of benzene rings is 1. The summed E-state index contributed by atoms with van der Waals surface area (Å²) >= 11 is 0. The van der Waals surface area contributed by atoms with Gasteiger partial charge in [-0.15, -0.1) is 0 Å². The molecule has 0 aliphatic carbocycles. The lowest BCUT2D eigenvalue weighted by molar-refractivity contribution is 0.173. The maximum atomic E-state index is 12.0. The molecule has 1 fully saturated rings. The Kier molecular flexibility index (Phi) is 4.40. The molecule has 1 aromatic carbocycles. The molecule has 4 nitrogen and oxygen atoms in total. The fourth-order valence-electron chi connectivity index (χ4n) is 2.20. The minimum absolute atomic E-state index is 0.0104. The first-order chi connectivity index (χ1) is 9.19. The van der Waals surface area contributed by atoms with Crippen molar-refractivity contribution >= 4 is 6.03 Å².